The van der Waals surface area contributed by atoms with Gasteiger partial charge in [-0.15, -0.1) is 0 Å². The van der Waals surface area contributed by atoms with Crippen LogP contribution < -0.4 is 0 Å². The highest BCUT2D eigenvalue weighted by Crippen LogP contribution is 2.47. The van der Waals surface area contributed by atoms with Crippen LogP contribution >= 0.6 is 0 Å². The highest BCUT2D eigenvalue weighted by atomic mass is 15.0. The van der Waals surface area contributed by atoms with Gasteiger partial charge in [0.1, 0.15) is 0 Å². The van der Waals surface area contributed by atoms with E-state index in [1.165, 1.54) is 66.5 Å². The van der Waals surface area contributed by atoms with E-state index in [0.717, 1.165) is 0 Å². The second-order valence-corrected chi connectivity index (χ2v) is 9.66. The number of aromatic nitrogens is 3. The molecule has 3 nitrogen and oxygen atoms in total. The van der Waals surface area contributed by atoms with Crippen LogP contribution in [0.3, 0.4) is 0 Å². The summed E-state index contributed by atoms with van der Waals surface area (Å²) in [5.41, 5.74) is 12.1. The second kappa shape index (κ2) is 7.39. The predicted molar refractivity (Wildman–Crippen MR) is 144 cm³/mol. The molecule has 34 heavy (non-hydrogen) atoms. The number of hydrogen-bond acceptors (Lipinski definition) is 0. The van der Waals surface area contributed by atoms with E-state index < -0.39 is 0 Å². The molecule has 0 fully saturated rings. The zero-order valence-corrected chi connectivity index (χ0v) is 20.8. The van der Waals surface area contributed by atoms with Crippen LogP contribution in [0.4, 0.5) is 0 Å². The first-order valence-electron chi connectivity index (χ1n) is 12.0. The van der Waals surface area contributed by atoms with E-state index in [-0.39, 0.29) is 5.92 Å². The van der Waals surface area contributed by atoms with E-state index in [1.807, 2.05) is 0 Å². The molecule has 0 N–H and O–H groups in total. The summed E-state index contributed by atoms with van der Waals surface area (Å²) in [4.78, 5) is 0. The Morgan fingerprint density at radius 1 is 0.441 bits per heavy atom. The van der Waals surface area contributed by atoms with Crippen molar-refractivity contribution in [3.05, 3.63) is 107 Å². The van der Waals surface area contributed by atoms with Gasteiger partial charge in [-0.2, -0.15) is 0 Å². The van der Waals surface area contributed by atoms with Gasteiger partial charge in [-0.3, -0.25) is 0 Å². The first-order chi connectivity index (χ1) is 16.4. The van der Waals surface area contributed by atoms with Gasteiger partial charge in [-0.1, -0.05) is 54.6 Å². The Bertz CT molecular complexity index is 1520. The molecule has 0 aliphatic rings. The zero-order chi connectivity index (χ0) is 23.7. The summed E-state index contributed by atoms with van der Waals surface area (Å²) < 4.78 is 7.08. The van der Waals surface area contributed by atoms with Gasteiger partial charge in [0.05, 0.1) is 0 Å². The lowest BCUT2D eigenvalue weighted by Gasteiger charge is -2.21. The smallest absolute Gasteiger partial charge is 0.0483 e. The van der Waals surface area contributed by atoms with Crippen LogP contribution in [-0.2, 0) is 21.1 Å². The van der Waals surface area contributed by atoms with Crippen molar-refractivity contribution in [3.63, 3.8) is 0 Å². The van der Waals surface area contributed by atoms with Gasteiger partial charge < -0.3 is 13.7 Å². The number of aryl methyl sites for hydroxylation is 3. The van der Waals surface area contributed by atoms with E-state index in [4.69, 9.17) is 0 Å². The first kappa shape index (κ1) is 20.9. The molecule has 3 aromatic heterocycles. The molecule has 170 valence electrons. The lowest BCUT2D eigenvalue weighted by Crippen LogP contribution is -2.09. The highest BCUT2D eigenvalue weighted by molar-refractivity contribution is 5.95. The quantitative estimate of drug-likeness (QED) is 0.272. The Hall–Kier alpha value is -3.72. The van der Waals surface area contributed by atoms with Gasteiger partial charge >= 0.3 is 0 Å². The molecular weight excluding hydrogens is 414 g/mol. The Kier molecular flexibility index (Phi) is 4.54. The number of benzene rings is 3. The summed E-state index contributed by atoms with van der Waals surface area (Å²) >= 11 is 0. The van der Waals surface area contributed by atoms with E-state index in [2.05, 4.69) is 128 Å². The van der Waals surface area contributed by atoms with Crippen LogP contribution in [0.25, 0.3) is 32.7 Å². The minimum absolute atomic E-state index is 0.128. The fraction of sp³-hybridized carbons (Fsp3) is 0.226. The normalized spacial score (nSPS) is 12.1. The minimum Gasteiger partial charge on any atom is -0.348 e. The Morgan fingerprint density at radius 3 is 1.00 bits per heavy atom. The van der Waals surface area contributed by atoms with Crippen molar-refractivity contribution in [2.45, 2.75) is 26.7 Å². The summed E-state index contributed by atoms with van der Waals surface area (Å²) in [7, 11) is 6.60. The zero-order valence-electron chi connectivity index (χ0n) is 20.8. The third-order valence-electron chi connectivity index (χ3n) is 8.21. The number of para-hydroxylation sites is 3. The Balaban J connectivity index is 1.84. The molecule has 0 spiro atoms. The maximum Gasteiger partial charge on any atom is 0.0483 e. The molecule has 0 bridgehead atoms. The SMILES string of the molecule is Cc1c(C(c2c(C)n(C)c3ccccc23)c2c(C)n(C)c3ccccc23)c2ccccc2n1C. The molecule has 6 rings (SSSR count). The summed E-state index contributed by atoms with van der Waals surface area (Å²) in [6.07, 6.45) is 0. The van der Waals surface area contributed by atoms with Crippen molar-refractivity contribution in [2.24, 2.45) is 21.1 Å². The molecule has 0 saturated carbocycles. The standard InChI is InChI=1S/C31H31N3/c1-19-28(22-13-7-10-16-25(22)32(19)4)31(29-20(2)33(5)26-17-11-8-14-23(26)29)30-21(3)34(6)27-18-12-9-15-24(27)30/h7-18,31H,1-6H3. The molecule has 0 unspecified atom stereocenters. The molecule has 0 aliphatic carbocycles. The average Bonchev–Trinajstić information content (AvgIpc) is 3.37. The molecule has 0 amide bonds. The molecule has 0 saturated heterocycles. The molecule has 3 heteroatoms. The topological polar surface area (TPSA) is 14.8 Å². The molecule has 0 aliphatic heterocycles. The molecule has 0 radical (unpaired) electrons. The van der Waals surface area contributed by atoms with E-state index in [1.54, 1.807) is 0 Å². The van der Waals surface area contributed by atoms with Crippen LogP contribution in [0.15, 0.2) is 72.8 Å². The molecule has 6 aromatic rings. The molecular formula is C31H31N3. The number of hydrogen-bond donors (Lipinski definition) is 0. The molecule has 0 atom stereocenters. The van der Waals surface area contributed by atoms with Gasteiger partial charge in [0.2, 0.25) is 0 Å². The number of nitrogens with zero attached hydrogens (tertiary/aromatic N) is 3. The minimum atomic E-state index is 0.128. The fourth-order valence-corrected chi connectivity index (χ4v) is 6.18. The maximum atomic E-state index is 2.36. The summed E-state index contributed by atoms with van der Waals surface area (Å²) in [5, 5.41) is 4.02. The van der Waals surface area contributed by atoms with Crippen molar-refractivity contribution in [3.8, 4) is 0 Å². The largest absolute Gasteiger partial charge is 0.348 e. The lowest BCUT2D eigenvalue weighted by molar-refractivity contribution is 0.841. The summed E-state index contributed by atoms with van der Waals surface area (Å²) in [6.45, 7) is 6.84. The van der Waals surface area contributed by atoms with Gasteiger partial charge in [-0.05, 0) is 55.7 Å². The highest BCUT2D eigenvalue weighted by Gasteiger charge is 2.32. The number of fused-ring (bicyclic) bond motifs is 3. The fourth-order valence-electron chi connectivity index (χ4n) is 6.18. The van der Waals surface area contributed by atoms with E-state index in [9.17, 15) is 0 Å². The lowest BCUT2D eigenvalue weighted by atomic mass is 9.81. The van der Waals surface area contributed by atoms with Crippen LogP contribution in [-0.4, -0.2) is 13.7 Å². The Labute approximate surface area is 200 Å². The first-order valence-corrected chi connectivity index (χ1v) is 12.0. The van der Waals surface area contributed by atoms with Crippen molar-refractivity contribution >= 4 is 32.7 Å². The van der Waals surface area contributed by atoms with E-state index in [0.29, 0.717) is 0 Å². The van der Waals surface area contributed by atoms with Gasteiger partial charge in [0.15, 0.2) is 0 Å². The number of rotatable bonds is 3. The van der Waals surface area contributed by atoms with Crippen molar-refractivity contribution in [1.82, 2.24) is 13.7 Å². The van der Waals surface area contributed by atoms with Crippen LogP contribution in [0.2, 0.25) is 0 Å². The van der Waals surface area contributed by atoms with Crippen LogP contribution in [0.1, 0.15) is 39.7 Å². The third-order valence-corrected chi connectivity index (χ3v) is 8.21. The molecule has 3 heterocycles. The van der Waals surface area contributed by atoms with Crippen LogP contribution in [0.5, 0.6) is 0 Å². The van der Waals surface area contributed by atoms with Gasteiger partial charge in [0, 0.05) is 76.9 Å². The second-order valence-electron chi connectivity index (χ2n) is 9.66. The van der Waals surface area contributed by atoms with Crippen molar-refractivity contribution in [1.29, 1.82) is 0 Å². The summed E-state index contributed by atoms with van der Waals surface area (Å²) in [5.74, 6) is 0.128. The third kappa shape index (κ3) is 2.64. The Morgan fingerprint density at radius 2 is 0.706 bits per heavy atom. The monoisotopic (exact) mass is 445 g/mol. The predicted octanol–water partition coefficient (Wildman–Crippen LogP) is 7.27. The van der Waals surface area contributed by atoms with Gasteiger partial charge in [-0.25, -0.2) is 0 Å². The van der Waals surface area contributed by atoms with E-state index >= 15 is 0 Å². The van der Waals surface area contributed by atoms with Gasteiger partial charge in [0.25, 0.3) is 0 Å². The average molecular weight is 446 g/mol. The van der Waals surface area contributed by atoms with Crippen molar-refractivity contribution < 1.29 is 0 Å². The van der Waals surface area contributed by atoms with Crippen molar-refractivity contribution in [2.75, 3.05) is 0 Å². The summed E-state index contributed by atoms with van der Waals surface area (Å²) in [6, 6.07) is 26.6. The maximum absolute atomic E-state index is 2.36. The van der Waals surface area contributed by atoms with Crippen LogP contribution in [0, 0.1) is 20.8 Å². The molecule has 3 aromatic carbocycles.